The molecular formula is C48H31ClN4O. The van der Waals surface area contributed by atoms with E-state index in [1.807, 2.05) is 84.9 Å². The zero-order valence-corrected chi connectivity index (χ0v) is 29.7. The van der Waals surface area contributed by atoms with Crippen molar-refractivity contribution in [2.75, 3.05) is 0 Å². The Morgan fingerprint density at radius 2 is 0.870 bits per heavy atom. The minimum atomic E-state index is -0.335. The van der Waals surface area contributed by atoms with Gasteiger partial charge in [-0.1, -0.05) is 146 Å². The highest BCUT2D eigenvalue weighted by Crippen LogP contribution is 2.33. The molecule has 0 unspecified atom stereocenters. The lowest BCUT2D eigenvalue weighted by Gasteiger charge is -2.10. The number of aromatic nitrogens is 4. The maximum Gasteiger partial charge on any atom is 0.345 e. The van der Waals surface area contributed by atoms with Gasteiger partial charge in [-0.25, -0.2) is 14.8 Å². The normalized spacial score (nSPS) is 11.1. The van der Waals surface area contributed by atoms with E-state index in [1.165, 1.54) is 21.7 Å². The fraction of sp³-hybridized carbons (Fsp3) is 0. The molecule has 2 aromatic heterocycles. The van der Waals surface area contributed by atoms with E-state index in [9.17, 15) is 4.79 Å². The maximum atomic E-state index is 12.1. The number of rotatable bonds is 4. The fourth-order valence-corrected chi connectivity index (χ4v) is 7.16. The number of halogens is 1. The number of aromatic amines is 1. The molecule has 6 heteroatoms. The van der Waals surface area contributed by atoms with Gasteiger partial charge in [0, 0.05) is 21.9 Å². The zero-order valence-electron chi connectivity index (χ0n) is 28.9. The first-order valence-corrected chi connectivity index (χ1v) is 18.0. The van der Waals surface area contributed by atoms with Gasteiger partial charge in [0.05, 0.1) is 22.4 Å². The molecule has 2 heterocycles. The molecule has 10 aromatic rings. The first kappa shape index (κ1) is 32.9. The topological polar surface area (TPSA) is 71.5 Å². The van der Waals surface area contributed by atoms with Crippen molar-refractivity contribution >= 4 is 55.0 Å². The average molecular weight is 715 g/mol. The molecular weight excluding hydrogens is 684 g/mol. The Morgan fingerprint density at radius 3 is 1.46 bits per heavy atom. The second-order valence-corrected chi connectivity index (χ2v) is 13.4. The van der Waals surface area contributed by atoms with Gasteiger partial charge in [-0.2, -0.15) is 4.98 Å². The van der Waals surface area contributed by atoms with Gasteiger partial charge in [0.2, 0.25) is 5.28 Å². The van der Waals surface area contributed by atoms with Crippen molar-refractivity contribution in [1.82, 2.24) is 19.9 Å². The SMILES string of the molecule is Clc1nc(-c2ccc3ccccc3c2)c2cc(-c3ccccc3)ccc2n1.O=c1nc(-c2ccc3ccccc3c2)c2cc(-c3ccccc3)ccc2[nH]1. The summed E-state index contributed by atoms with van der Waals surface area (Å²) in [6, 6.07) is 61.9. The lowest BCUT2D eigenvalue weighted by molar-refractivity contribution is 1.12. The lowest BCUT2D eigenvalue weighted by Crippen LogP contribution is -2.11. The molecule has 8 aromatic carbocycles. The highest BCUT2D eigenvalue weighted by Gasteiger charge is 2.13. The van der Waals surface area contributed by atoms with Crippen LogP contribution in [0, 0.1) is 0 Å². The molecule has 1 N–H and O–H groups in total. The van der Waals surface area contributed by atoms with E-state index < -0.39 is 0 Å². The van der Waals surface area contributed by atoms with E-state index in [4.69, 9.17) is 11.6 Å². The first-order chi connectivity index (χ1) is 26.6. The van der Waals surface area contributed by atoms with Crippen molar-refractivity contribution in [1.29, 1.82) is 0 Å². The third-order valence-corrected chi connectivity index (χ3v) is 9.83. The minimum absolute atomic E-state index is 0.262. The van der Waals surface area contributed by atoms with E-state index in [2.05, 4.69) is 117 Å². The van der Waals surface area contributed by atoms with Crippen LogP contribution in [0.1, 0.15) is 0 Å². The van der Waals surface area contributed by atoms with Crippen LogP contribution >= 0.6 is 11.6 Å². The van der Waals surface area contributed by atoms with E-state index >= 15 is 0 Å². The average Bonchev–Trinajstić information content (AvgIpc) is 3.23. The number of nitrogens with one attached hydrogen (secondary N) is 1. The molecule has 0 aliphatic heterocycles. The number of hydrogen-bond acceptors (Lipinski definition) is 4. The molecule has 0 aliphatic rings. The van der Waals surface area contributed by atoms with Crippen LogP contribution in [0.2, 0.25) is 5.28 Å². The number of hydrogen-bond donors (Lipinski definition) is 1. The zero-order chi connectivity index (χ0) is 36.4. The van der Waals surface area contributed by atoms with Crippen LogP contribution in [0.4, 0.5) is 0 Å². The molecule has 256 valence electrons. The molecule has 0 radical (unpaired) electrons. The predicted octanol–water partition coefficient (Wildman–Crippen LogP) is 12.2. The van der Waals surface area contributed by atoms with Gasteiger partial charge in [-0.15, -0.1) is 0 Å². The third kappa shape index (κ3) is 6.60. The number of H-pyrrole nitrogens is 1. The Balaban J connectivity index is 0.000000142. The van der Waals surface area contributed by atoms with Crippen LogP contribution in [0.15, 0.2) is 187 Å². The molecule has 0 aliphatic carbocycles. The summed E-state index contributed by atoms with van der Waals surface area (Å²) in [5.74, 6) is 0. The molecule has 0 amide bonds. The number of benzene rings is 8. The predicted molar refractivity (Wildman–Crippen MR) is 224 cm³/mol. The highest BCUT2D eigenvalue weighted by atomic mass is 35.5. The van der Waals surface area contributed by atoms with Crippen LogP contribution in [-0.4, -0.2) is 19.9 Å². The highest BCUT2D eigenvalue weighted by molar-refractivity contribution is 6.29. The van der Waals surface area contributed by atoms with Crippen molar-refractivity contribution in [3.63, 3.8) is 0 Å². The summed E-state index contributed by atoms with van der Waals surface area (Å²) in [5.41, 5.74) is 9.37. The summed E-state index contributed by atoms with van der Waals surface area (Å²) in [6.45, 7) is 0. The summed E-state index contributed by atoms with van der Waals surface area (Å²) < 4.78 is 0. The first-order valence-electron chi connectivity index (χ1n) is 17.7. The Kier molecular flexibility index (Phi) is 8.67. The van der Waals surface area contributed by atoms with Gasteiger partial charge >= 0.3 is 5.69 Å². The minimum Gasteiger partial charge on any atom is -0.305 e. The van der Waals surface area contributed by atoms with E-state index in [0.29, 0.717) is 5.69 Å². The largest absolute Gasteiger partial charge is 0.345 e. The van der Waals surface area contributed by atoms with Crippen LogP contribution in [0.25, 0.3) is 88.1 Å². The molecule has 0 saturated carbocycles. The molecule has 5 nitrogen and oxygen atoms in total. The monoisotopic (exact) mass is 714 g/mol. The van der Waals surface area contributed by atoms with Crippen molar-refractivity contribution in [2.45, 2.75) is 0 Å². The van der Waals surface area contributed by atoms with Crippen LogP contribution in [0.3, 0.4) is 0 Å². The smallest absolute Gasteiger partial charge is 0.305 e. The summed E-state index contributed by atoms with van der Waals surface area (Å²) >= 11 is 6.23. The van der Waals surface area contributed by atoms with Gasteiger partial charge in [0.1, 0.15) is 0 Å². The van der Waals surface area contributed by atoms with E-state index in [0.717, 1.165) is 60.7 Å². The number of fused-ring (bicyclic) bond motifs is 4. The van der Waals surface area contributed by atoms with Crippen molar-refractivity contribution in [3.8, 4) is 44.8 Å². The van der Waals surface area contributed by atoms with Gasteiger partial charge in [0.15, 0.2) is 0 Å². The summed E-state index contributed by atoms with van der Waals surface area (Å²) in [4.78, 5) is 28.3. The molecule has 54 heavy (non-hydrogen) atoms. The van der Waals surface area contributed by atoms with Gasteiger partial charge in [-0.05, 0) is 91.8 Å². The van der Waals surface area contributed by atoms with Crippen molar-refractivity contribution in [3.05, 3.63) is 198 Å². The summed E-state index contributed by atoms with van der Waals surface area (Å²) in [6.07, 6.45) is 0. The van der Waals surface area contributed by atoms with E-state index in [-0.39, 0.29) is 11.0 Å². The summed E-state index contributed by atoms with van der Waals surface area (Å²) in [7, 11) is 0. The Hall–Kier alpha value is -6.95. The Morgan fingerprint density at radius 1 is 0.389 bits per heavy atom. The van der Waals surface area contributed by atoms with Gasteiger partial charge < -0.3 is 4.98 Å². The van der Waals surface area contributed by atoms with Crippen LogP contribution in [-0.2, 0) is 0 Å². The molecule has 0 spiro atoms. The molecule has 10 rings (SSSR count). The maximum absolute atomic E-state index is 12.1. The molecule has 0 fully saturated rings. The third-order valence-electron chi connectivity index (χ3n) is 9.66. The molecule has 0 bridgehead atoms. The number of nitrogens with zero attached hydrogens (tertiary/aromatic N) is 3. The van der Waals surface area contributed by atoms with Crippen molar-refractivity contribution in [2.24, 2.45) is 0 Å². The lowest BCUT2D eigenvalue weighted by atomic mass is 9.99. The fourth-order valence-electron chi connectivity index (χ4n) is 6.99. The molecule has 0 atom stereocenters. The Bertz CT molecular complexity index is 3030. The second-order valence-electron chi connectivity index (χ2n) is 13.1. The quantitative estimate of drug-likeness (QED) is 0.184. The van der Waals surface area contributed by atoms with Crippen molar-refractivity contribution < 1.29 is 0 Å². The van der Waals surface area contributed by atoms with Gasteiger partial charge in [-0.3, -0.25) is 0 Å². The van der Waals surface area contributed by atoms with Crippen LogP contribution < -0.4 is 5.69 Å². The second kappa shape index (κ2) is 14.2. The van der Waals surface area contributed by atoms with Crippen LogP contribution in [0.5, 0.6) is 0 Å². The van der Waals surface area contributed by atoms with Gasteiger partial charge in [0.25, 0.3) is 0 Å². The van der Waals surface area contributed by atoms with E-state index in [1.54, 1.807) is 0 Å². The standard InChI is InChI=1S/C24H15ClN2.C24H16N2O/c25-24-26-22-13-12-19(16-6-2-1-3-7-16)15-21(22)23(27-24)20-11-10-17-8-4-5-9-18(17)14-20;27-24-25-22-13-12-19(16-6-2-1-3-7-16)15-21(22)23(26-24)20-11-10-17-8-4-5-9-18(17)14-20/h1-15H;1-15H,(H,25,26,27). The Labute approximate surface area is 316 Å². The molecule has 0 saturated heterocycles. The summed E-state index contributed by atoms with van der Waals surface area (Å²) in [5, 5.41) is 6.87.